The highest BCUT2D eigenvalue weighted by atomic mass is 19.4. The first-order valence-electron chi connectivity index (χ1n) is 9.10. The van der Waals surface area contributed by atoms with Gasteiger partial charge in [0.1, 0.15) is 0 Å². The number of alkyl halides is 6. The predicted molar refractivity (Wildman–Crippen MR) is 100 cm³/mol. The first-order chi connectivity index (χ1) is 13.9. The first-order valence-corrected chi connectivity index (χ1v) is 9.10. The Balaban J connectivity index is 1.72. The normalized spacial score (nSPS) is 15.3. The van der Waals surface area contributed by atoms with Crippen LogP contribution < -0.4 is 10.2 Å². The SMILES string of the molecule is Cc1cccc(NC(=O)N2CCN(c3cc(C(F)(F)F)cc(C(F)(F)F)c3)CC2)c1. The number of carbonyl (C=O) groups is 1. The molecule has 1 heterocycles. The Labute approximate surface area is 169 Å². The minimum atomic E-state index is -4.90. The average Bonchev–Trinajstić information content (AvgIpc) is 2.66. The second-order valence-electron chi connectivity index (χ2n) is 7.04. The summed E-state index contributed by atoms with van der Waals surface area (Å²) in [6.07, 6.45) is -9.79. The molecule has 4 nitrogen and oxygen atoms in total. The van der Waals surface area contributed by atoms with Crippen LogP contribution in [0, 0.1) is 6.92 Å². The first kappa shape index (κ1) is 21.8. The number of urea groups is 1. The molecule has 0 spiro atoms. The molecule has 0 atom stereocenters. The van der Waals surface area contributed by atoms with Crippen LogP contribution in [-0.2, 0) is 12.4 Å². The number of nitrogens with zero attached hydrogens (tertiary/aromatic N) is 2. The lowest BCUT2D eigenvalue weighted by molar-refractivity contribution is -0.143. The van der Waals surface area contributed by atoms with Crippen LogP contribution in [0.15, 0.2) is 42.5 Å². The van der Waals surface area contributed by atoms with Crippen molar-refractivity contribution in [2.45, 2.75) is 19.3 Å². The van der Waals surface area contributed by atoms with Gasteiger partial charge in [0.25, 0.3) is 0 Å². The second kappa shape index (κ2) is 8.08. The molecule has 0 aliphatic carbocycles. The molecule has 30 heavy (non-hydrogen) atoms. The van der Waals surface area contributed by atoms with Crippen molar-refractivity contribution in [1.29, 1.82) is 0 Å². The van der Waals surface area contributed by atoms with Crippen molar-refractivity contribution in [1.82, 2.24) is 4.90 Å². The lowest BCUT2D eigenvalue weighted by atomic mass is 10.1. The van der Waals surface area contributed by atoms with E-state index in [-0.39, 0.29) is 44.0 Å². The van der Waals surface area contributed by atoms with Gasteiger partial charge in [-0.3, -0.25) is 0 Å². The number of benzene rings is 2. The number of nitrogens with one attached hydrogen (secondary N) is 1. The molecule has 1 aliphatic heterocycles. The van der Waals surface area contributed by atoms with E-state index >= 15 is 0 Å². The van der Waals surface area contributed by atoms with Crippen molar-refractivity contribution in [3.63, 3.8) is 0 Å². The van der Waals surface area contributed by atoms with Crippen molar-refractivity contribution in [2.75, 3.05) is 36.4 Å². The zero-order valence-corrected chi connectivity index (χ0v) is 15.9. The minimum absolute atomic E-state index is 0.106. The Morgan fingerprint density at radius 1 is 0.867 bits per heavy atom. The molecular weight excluding hydrogens is 412 g/mol. The largest absolute Gasteiger partial charge is 0.416 e. The Morgan fingerprint density at radius 2 is 1.43 bits per heavy atom. The van der Waals surface area contributed by atoms with Crippen LogP contribution >= 0.6 is 0 Å². The number of carbonyl (C=O) groups excluding carboxylic acids is 1. The van der Waals surface area contributed by atoms with Crippen LogP contribution in [0.4, 0.5) is 42.5 Å². The number of hydrogen-bond donors (Lipinski definition) is 1. The molecular formula is C20H19F6N3O. The van der Waals surface area contributed by atoms with Gasteiger partial charge in [0.05, 0.1) is 11.1 Å². The van der Waals surface area contributed by atoms with Gasteiger partial charge < -0.3 is 15.1 Å². The van der Waals surface area contributed by atoms with E-state index < -0.39 is 23.5 Å². The highest BCUT2D eigenvalue weighted by Crippen LogP contribution is 2.38. The highest BCUT2D eigenvalue weighted by molar-refractivity contribution is 5.89. The van der Waals surface area contributed by atoms with Crippen LogP contribution in [-0.4, -0.2) is 37.1 Å². The topological polar surface area (TPSA) is 35.6 Å². The van der Waals surface area contributed by atoms with Crippen LogP contribution in [0.25, 0.3) is 0 Å². The molecule has 0 radical (unpaired) electrons. The molecule has 0 saturated carbocycles. The summed E-state index contributed by atoms with van der Waals surface area (Å²) in [6, 6.07) is 8.32. The number of hydrogen-bond acceptors (Lipinski definition) is 2. The van der Waals surface area contributed by atoms with E-state index in [1.54, 1.807) is 18.2 Å². The molecule has 2 aromatic carbocycles. The summed E-state index contributed by atoms with van der Waals surface area (Å²) in [6.45, 7) is 2.42. The third kappa shape index (κ3) is 5.17. The smallest absolute Gasteiger partial charge is 0.368 e. The Morgan fingerprint density at radius 3 is 1.93 bits per heavy atom. The molecule has 1 N–H and O–H groups in total. The minimum Gasteiger partial charge on any atom is -0.368 e. The maximum Gasteiger partial charge on any atom is 0.416 e. The van der Waals surface area contributed by atoms with Gasteiger partial charge in [-0.15, -0.1) is 0 Å². The molecule has 10 heteroatoms. The summed E-state index contributed by atoms with van der Waals surface area (Å²) >= 11 is 0. The van der Waals surface area contributed by atoms with Gasteiger partial charge >= 0.3 is 18.4 Å². The fourth-order valence-electron chi connectivity index (χ4n) is 3.21. The third-order valence-corrected chi connectivity index (χ3v) is 4.77. The molecule has 1 fully saturated rings. The molecule has 2 amide bonds. The standard InChI is InChI=1S/C20H19F6N3O/c1-13-3-2-4-16(9-13)27-18(30)29-7-5-28(6-8-29)17-11-14(19(21,22)23)10-15(12-17)20(24,25)26/h2-4,9-12H,5-8H2,1H3,(H,27,30). The van der Waals surface area contributed by atoms with Gasteiger partial charge in [-0.25, -0.2) is 4.79 Å². The van der Waals surface area contributed by atoms with E-state index in [9.17, 15) is 31.1 Å². The lowest BCUT2D eigenvalue weighted by Gasteiger charge is -2.36. The maximum atomic E-state index is 13.1. The number of aryl methyl sites for hydroxylation is 1. The zero-order chi connectivity index (χ0) is 22.1. The Bertz CT molecular complexity index is 885. The van der Waals surface area contributed by atoms with Gasteiger partial charge in [-0.1, -0.05) is 12.1 Å². The van der Waals surface area contributed by atoms with Crippen LogP contribution in [0.1, 0.15) is 16.7 Å². The molecule has 1 aliphatic rings. The van der Waals surface area contributed by atoms with E-state index in [0.717, 1.165) is 5.56 Å². The van der Waals surface area contributed by atoms with Crippen molar-refractivity contribution in [2.24, 2.45) is 0 Å². The second-order valence-corrected chi connectivity index (χ2v) is 7.04. The maximum absolute atomic E-state index is 13.1. The lowest BCUT2D eigenvalue weighted by Crippen LogP contribution is -2.50. The Kier molecular flexibility index (Phi) is 5.87. The van der Waals surface area contributed by atoms with E-state index in [4.69, 9.17) is 0 Å². The van der Waals surface area contributed by atoms with Gasteiger partial charge in [-0.2, -0.15) is 26.3 Å². The number of piperazine rings is 1. The zero-order valence-electron chi connectivity index (χ0n) is 15.9. The molecule has 2 aromatic rings. The molecule has 1 saturated heterocycles. The van der Waals surface area contributed by atoms with E-state index in [1.807, 2.05) is 13.0 Å². The molecule has 162 valence electrons. The molecule has 0 unspecified atom stereocenters. The third-order valence-electron chi connectivity index (χ3n) is 4.77. The van der Waals surface area contributed by atoms with Crippen molar-refractivity contribution >= 4 is 17.4 Å². The summed E-state index contributed by atoms with van der Waals surface area (Å²) in [7, 11) is 0. The highest BCUT2D eigenvalue weighted by Gasteiger charge is 2.37. The summed E-state index contributed by atoms with van der Waals surface area (Å²) in [5, 5.41) is 2.74. The van der Waals surface area contributed by atoms with E-state index in [1.165, 1.54) is 9.80 Å². The summed E-state index contributed by atoms with van der Waals surface area (Å²) in [4.78, 5) is 15.3. The number of anilines is 2. The average molecular weight is 431 g/mol. The van der Waals surface area contributed by atoms with Gasteiger partial charge in [0.2, 0.25) is 0 Å². The van der Waals surface area contributed by atoms with Crippen LogP contribution in [0.3, 0.4) is 0 Å². The molecule has 0 bridgehead atoms. The fraction of sp³-hybridized carbons (Fsp3) is 0.350. The van der Waals surface area contributed by atoms with E-state index in [0.29, 0.717) is 17.8 Å². The fourth-order valence-corrected chi connectivity index (χ4v) is 3.21. The monoisotopic (exact) mass is 431 g/mol. The number of amides is 2. The quantitative estimate of drug-likeness (QED) is 0.648. The van der Waals surface area contributed by atoms with Gasteiger partial charge in [0.15, 0.2) is 0 Å². The van der Waals surface area contributed by atoms with Gasteiger partial charge in [0, 0.05) is 37.6 Å². The van der Waals surface area contributed by atoms with Crippen LogP contribution in [0.5, 0.6) is 0 Å². The van der Waals surface area contributed by atoms with Crippen molar-refractivity contribution < 1.29 is 31.1 Å². The number of halogens is 6. The van der Waals surface area contributed by atoms with Crippen molar-refractivity contribution in [3.8, 4) is 0 Å². The molecule has 3 rings (SSSR count). The summed E-state index contributed by atoms with van der Waals surface area (Å²) < 4.78 is 78.4. The van der Waals surface area contributed by atoms with Gasteiger partial charge in [-0.05, 0) is 42.8 Å². The molecule has 0 aromatic heterocycles. The van der Waals surface area contributed by atoms with E-state index in [2.05, 4.69) is 5.32 Å². The summed E-state index contributed by atoms with van der Waals surface area (Å²) in [5.74, 6) is 0. The number of rotatable bonds is 2. The Hall–Kier alpha value is -2.91. The predicted octanol–water partition coefficient (Wildman–Crippen LogP) is 5.39. The van der Waals surface area contributed by atoms with Crippen LogP contribution in [0.2, 0.25) is 0 Å². The summed E-state index contributed by atoms with van der Waals surface area (Å²) in [5.41, 5.74) is -1.31. The van der Waals surface area contributed by atoms with Crippen molar-refractivity contribution in [3.05, 3.63) is 59.2 Å².